The molecule has 3 rings (SSSR count). The highest BCUT2D eigenvalue weighted by Gasteiger charge is 2.13. The van der Waals surface area contributed by atoms with Gasteiger partial charge in [-0.15, -0.1) is 0 Å². The maximum Gasteiger partial charge on any atom is 0.269 e. The van der Waals surface area contributed by atoms with Crippen LogP contribution in [0.3, 0.4) is 0 Å². The van der Waals surface area contributed by atoms with Gasteiger partial charge in [-0.25, -0.2) is 9.97 Å². The Morgan fingerprint density at radius 2 is 1.95 bits per heavy atom. The minimum Gasteiger partial charge on any atom is -0.328 e. The lowest BCUT2D eigenvalue weighted by molar-refractivity contribution is -0.384. The van der Waals surface area contributed by atoms with Crippen molar-refractivity contribution in [1.29, 1.82) is 0 Å². The van der Waals surface area contributed by atoms with Crippen LogP contribution in [0.4, 0.5) is 5.69 Å². The summed E-state index contributed by atoms with van der Waals surface area (Å²) in [4.78, 5) is 18.4. The Hall–Kier alpha value is -2.47. The molecule has 0 saturated heterocycles. The molecule has 0 amide bonds. The predicted octanol–water partition coefficient (Wildman–Crippen LogP) is 3.20. The van der Waals surface area contributed by atoms with E-state index in [0.29, 0.717) is 5.15 Å². The third-order valence-corrected chi connectivity index (χ3v) is 3.45. The molecule has 0 saturated carbocycles. The number of aryl methyl sites for hydroxylation is 1. The number of nitrogens with zero attached hydrogens (tertiary/aromatic N) is 4. The van der Waals surface area contributed by atoms with Gasteiger partial charge in [0.25, 0.3) is 5.69 Å². The number of rotatable bonds is 2. The maximum atomic E-state index is 10.7. The summed E-state index contributed by atoms with van der Waals surface area (Å²) in [5.74, 6) is 0. The Bertz CT molecular complexity index is 811. The van der Waals surface area contributed by atoms with E-state index in [1.165, 1.54) is 18.5 Å². The Kier molecular flexibility index (Phi) is 2.87. The maximum absolute atomic E-state index is 10.7. The van der Waals surface area contributed by atoms with Gasteiger partial charge in [-0.05, 0) is 23.8 Å². The van der Waals surface area contributed by atoms with Gasteiger partial charge in [0.2, 0.25) is 0 Å². The van der Waals surface area contributed by atoms with E-state index in [-0.39, 0.29) is 5.69 Å². The van der Waals surface area contributed by atoms with Crippen molar-refractivity contribution in [1.82, 2.24) is 14.5 Å². The van der Waals surface area contributed by atoms with Crippen molar-refractivity contribution < 1.29 is 4.92 Å². The molecule has 1 aromatic carbocycles. The first-order chi connectivity index (χ1) is 9.58. The van der Waals surface area contributed by atoms with Gasteiger partial charge in [-0.1, -0.05) is 11.6 Å². The van der Waals surface area contributed by atoms with Gasteiger partial charge in [0, 0.05) is 19.2 Å². The van der Waals surface area contributed by atoms with E-state index in [1.807, 2.05) is 17.7 Å². The molecule has 0 fully saturated rings. The van der Waals surface area contributed by atoms with E-state index >= 15 is 0 Å². The fourth-order valence-electron chi connectivity index (χ4n) is 2.14. The molecule has 0 aliphatic carbocycles. The monoisotopic (exact) mass is 288 g/mol. The molecule has 6 nitrogen and oxygen atoms in total. The zero-order valence-electron chi connectivity index (χ0n) is 10.4. The Labute approximate surface area is 118 Å². The van der Waals surface area contributed by atoms with Gasteiger partial charge in [0.05, 0.1) is 16.0 Å². The minimum atomic E-state index is -0.423. The molecule has 0 aliphatic rings. The molecule has 2 heterocycles. The minimum absolute atomic E-state index is 0.0605. The van der Waals surface area contributed by atoms with Crippen LogP contribution in [0.1, 0.15) is 0 Å². The highest BCUT2D eigenvalue weighted by atomic mass is 35.5. The summed E-state index contributed by atoms with van der Waals surface area (Å²) in [5, 5.41) is 11.8. The van der Waals surface area contributed by atoms with Gasteiger partial charge in [0.1, 0.15) is 17.1 Å². The predicted molar refractivity (Wildman–Crippen MR) is 75.6 cm³/mol. The van der Waals surface area contributed by atoms with E-state index < -0.39 is 4.92 Å². The fraction of sp³-hybridized carbons (Fsp3) is 0.0769. The van der Waals surface area contributed by atoms with Crippen molar-refractivity contribution in [2.45, 2.75) is 0 Å². The highest BCUT2D eigenvalue weighted by molar-refractivity contribution is 6.34. The fourth-order valence-corrected chi connectivity index (χ4v) is 2.32. The Balaban J connectivity index is 2.17. The third-order valence-electron chi connectivity index (χ3n) is 3.15. The number of aromatic nitrogens is 3. The van der Waals surface area contributed by atoms with Gasteiger partial charge in [-0.2, -0.15) is 0 Å². The molecule has 0 aliphatic heterocycles. The third kappa shape index (κ3) is 1.90. The molecule has 0 spiro atoms. The summed E-state index contributed by atoms with van der Waals surface area (Å²) in [6.07, 6.45) is 1.41. The first-order valence-corrected chi connectivity index (χ1v) is 6.16. The topological polar surface area (TPSA) is 73.8 Å². The number of hydrogen-bond donors (Lipinski definition) is 0. The Morgan fingerprint density at radius 1 is 1.25 bits per heavy atom. The SMILES string of the molecule is Cn1c(-c2ccc([N+](=O)[O-])cc2)cc2c(Cl)ncnc21. The Morgan fingerprint density at radius 3 is 2.55 bits per heavy atom. The van der Waals surface area contributed by atoms with Crippen molar-refractivity contribution in [2.75, 3.05) is 0 Å². The van der Waals surface area contributed by atoms with Gasteiger partial charge >= 0.3 is 0 Å². The molecule has 0 unspecified atom stereocenters. The standard InChI is InChI=1S/C13H9ClN4O2/c1-17-11(6-10-12(14)15-7-16-13(10)17)8-2-4-9(5-3-8)18(19)20/h2-7H,1H3. The zero-order chi connectivity index (χ0) is 14.3. The number of hydrogen-bond acceptors (Lipinski definition) is 4. The molecule has 0 bridgehead atoms. The second kappa shape index (κ2) is 4.57. The molecule has 3 aromatic rings. The average molecular weight is 289 g/mol. The summed E-state index contributed by atoms with van der Waals surface area (Å²) in [6.45, 7) is 0. The van der Waals surface area contributed by atoms with Crippen LogP contribution in [0.5, 0.6) is 0 Å². The number of nitro groups is 1. The lowest BCUT2D eigenvalue weighted by Crippen LogP contribution is -1.94. The molecule has 20 heavy (non-hydrogen) atoms. The second-order valence-corrected chi connectivity index (χ2v) is 4.65. The van der Waals surface area contributed by atoms with Crippen molar-refractivity contribution in [3.05, 3.63) is 51.9 Å². The first kappa shape index (κ1) is 12.6. The first-order valence-electron chi connectivity index (χ1n) is 5.78. The van der Waals surface area contributed by atoms with Crippen molar-refractivity contribution in [3.63, 3.8) is 0 Å². The quantitative estimate of drug-likeness (QED) is 0.412. The molecule has 7 heteroatoms. The molecule has 0 N–H and O–H groups in total. The van der Waals surface area contributed by atoms with E-state index in [4.69, 9.17) is 11.6 Å². The number of benzene rings is 1. The van der Waals surface area contributed by atoms with Gasteiger partial charge < -0.3 is 4.57 Å². The van der Waals surface area contributed by atoms with Crippen LogP contribution in [0, 0.1) is 10.1 Å². The zero-order valence-corrected chi connectivity index (χ0v) is 11.2. The number of non-ortho nitro benzene ring substituents is 1. The largest absolute Gasteiger partial charge is 0.328 e. The van der Waals surface area contributed by atoms with Crippen LogP contribution in [0.25, 0.3) is 22.3 Å². The van der Waals surface area contributed by atoms with Crippen LogP contribution in [0.15, 0.2) is 36.7 Å². The van der Waals surface area contributed by atoms with E-state index in [2.05, 4.69) is 9.97 Å². The smallest absolute Gasteiger partial charge is 0.269 e. The van der Waals surface area contributed by atoms with Crippen LogP contribution in [-0.4, -0.2) is 19.5 Å². The summed E-state index contributed by atoms with van der Waals surface area (Å²) >= 11 is 6.04. The summed E-state index contributed by atoms with van der Waals surface area (Å²) < 4.78 is 1.88. The molecular formula is C13H9ClN4O2. The summed E-state index contributed by atoms with van der Waals surface area (Å²) in [6, 6.07) is 8.22. The normalized spacial score (nSPS) is 10.9. The molecule has 100 valence electrons. The number of fused-ring (bicyclic) bond motifs is 1. The molecule has 0 radical (unpaired) electrons. The van der Waals surface area contributed by atoms with E-state index in [0.717, 1.165) is 22.3 Å². The lowest BCUT2D eigenvalue weighted by Gasteiger charge is -2.03. The van der Waals surface area contributed by atoms with E-state index in [1.54, 1.807) is 12.1 Å². The lowest BCUT2D eigenvalue weighted by atomic mass is 10.1. The van der Waals surface area contributed by atoms with Crippen LogP contribution >= 0.6 is 11.6 Å². The summed E-state index contributed by atoms with van der Waals surface area (Å²) in [7, 11) is 1.86. The van der Waals surface area contributed by atoms with Crippen LogP contribution in [0.2, 0.25) is 5.15 Å². The number of halogens is 1. The number of nitro benzene ring substituents is 1. The second-order valence-electron chi connectivity index (χ2n) is 4.29. The van der Waals surface area contributed by atoms with Gasteiger partial charge in [0.15, 0.2) is 0 Å². The highest BCUT2D eigenvalue weighted by Crippen LogP contribution is 2.29. The van der Waals surface area contributed by atoms with E-state index in [9.17, 15) is 10.1 Å². The van der Waals surface area contributed by atoms with Crippen molar-refractivity contribution in [3.8, 4) is 11.3 Å². The molecular weight excluding hydrogens is 280 g/mol. The average Bonchev–Trinajstić information content (AvgIpc) is 2.78. The van der Waals surface area contributed by atoms with Crippen molar-refractivity contribution in [2.24, 2.45) is 7.05 Å². The van der Waals surface area contributed by atoms with Crippen LogP contribution in [-0.2, 0) is 7.05 Å². The van der Waals surface area contributed by atoms with Gasteiger partial charge in [-0.3, -0.25) is 10.1 Å². The molecule has 2 aromatic heterocycles. The summed E-state index contributed by atoms with van der Waals surface area (Å²) in [5.41, 5.74) is 2.51. The van der Waals surface area contributed by atoms with Crippen LogP contribution < -0.4 is 0 Å². The van der Waals surface area contributed by atoms with Crippen molar-refractivity contribution >= 4 is 28.3 Å². The molecule has 0 atom stereocenters.